The maximum Gasteiger partial charge on any atom is 0.333 e. The molecule has 0 radical (unpaired) electrons. The summed E-state index contributed by atoms with van der Waals surface area (Å²) < 4.78 is 61.8. The van der Waals surface area contributed by atoms with E-state index in [0.29, 0.717) is 44.1 Å². The Morgan fingerprint density at radius 2 is 1.40 bits per heavy atom. The molecule has 62 heavy (non-hydrogen) atoms. The maximum absolute atomic E-state index is 13.3. The van der Waals surface area contributed by atoms with E-state index >= 15 is 0 Å². The van der Waals surface area contributed by atoms with Gasteiger partial charge in [-0.2, -0.15) is 0 Å². The Morgan fingerprint density at radius 1 is 0.774 bits per heavy atom. The second kappa shape index (κ2) is 18.8. The fraction of sp³-hybridized carbons (Fsp3) is 0.872. The second-order valence-electron chi connectivity index (χ2n) is 19.8. The minimum Gasteiger partial charge on any atom is -0.458 e. The summed E-state index contributed by atoms with van der Waals surface area (Å²) in [5, 5.41) is 34.1. The van der Waals surface area contributed by atoms with Crippen LogP contribution in [-0.2, 0) is 57.0 Å². The molecule has 15 nitrogen and oxygen atoms in total. The van der Waals surface area contributed by atoms with Crippen molar-refractivity contribution < 1.29 is 72.3 Å². The van der Waals surface area contributed by atoms with Gasteiger partial charge in [0.15, 0.2) is 18.9 Å². The summed E-state index contributed by atoms with van der Waals surface area (Å²) in [5.41, 5.74) is -0.439. The third kappa shape index (κ3) is 8.42. The first kappa shape index (κ1) is 48.1. The van der Waals surface area contributed by atoms with E-state index in [9.17, 15) is 24.9 Å². The van der Waals surface area contributed by atoms with Gasteiger partial charge in [0.05, 0.1) is 42.2 Å². The highest BCUT2D eigenvalue weighted by Gasteiger charge is 2.71. The number of allylic oxidation sites excluding steroid dienone is 2. The predicted octanol–water partition coefficient (Wildman–Crippen LogP) is 4.69. The molecule has 3 N–H and O–H groups in total. The summed E-state index contributed by atoms with van der Waals surface area (Å²) in [5.74, 6) is -0.727. The average molecular weight is 879 g/mol. The third-order valence-corrected chi connectivity index (χ3v) is 16.6. The molecule has 15 heteroatoms. The lowest BCUT2D eigenvalue weighted by Gasteiger charge is -2.63. The molecule has 0 spiro atoms. The molecular formula is C47H74O15. The zero-order chi connectivity index (χ0) is 45.1. The smallest absolute Gasteiger partial charge is 0.333 e. The van der Waals surface area contributed by atoms with E-state index in [1.807, 2.05) is 27.7 Å². The van der Waals surface area contributed by atoms with Crippen molar-refractivity contribution in [1.29, 1.82) is 0 Å². The summed E-state index contributed by atoms with van der Waals surface area (Å²) in [6, 6.07) is 0. The van der Waals surface area contributed by atoms with Gasteiger partial charge in [-0.15, -0.1) is 0 Å². The Morgan fingerprint density at radius 3 is 2.00 bits per heavy atom. The number of esters is 1. The molecule has 21 atom stereocenters. The van der Waals surface area contributed by atoms with Crippen LogP contribution in [0, 0.1) is 28.6 Å². The number of aliphatic hydroxyl groups is 3. The van der Waals surface area contributed by atoms with Gasteiger partial charge in [0, 0.05) is 51.1 Å². The van der Waals surface area contributed by atoms with E-state index in [1.54, 1.807) is 41.1 Å². The first-order chi connectivity index (χ1) is 29.3. The van der Waals surface area contributed by atoms with Crippen LogP contribution in [0.1, 0.15) is 113 Å². The van der Waals surface area contributed by atoms with Gasteiger partial charge >= 0.3 is 5.97 Å². The normalized spacial score (nSPS) is 49.6. The topological polar surface area (TPSA) is 187 Å². The van der Waals surface area contributed by atoms with Crippen molar-refractivity contribution in [2.45, 2.75) is 211 Å². The van der Waals surface area contributed by atoms with Crippen LogP contribution in [0.4, 0.5) is 0 Å². The monoisotopic (exact) mass is 879 g/mol. The van der Waals surface area contributed by atoms with E-state index in [0.717, 1.165) is 19.3 Å². The Bertz CT molecular complexity index is 1670. The van der Waals surface area contributed by atoms with Crippen molar-refractivity contribution in [3.8, 4) is 0 Å². The number of carbonyl (C=O) groups excluding carboxylic acids is 2. The number of rotatable bonds is 12. The standard InChI is InChI=1S/C47H74O15/c1-12-23(2)43(51)60-35-20-32-31(47(52)18-16-30(24(3)48)46(35,47)8)14-13-28-19-29(15-17-45(28,32)7)59-36-21-33(53-9)40(26(5)56-36)61-37-22-34(54-10)41(27(6)57-37)62-44-39(50)42(55-11)38(49)25(4)58-44/h12-13,25-27,29-42,44,49-50,52H,14-22H2,1-11H3/b23-12+/t25?,26?,27?,29?,30?,31?,32?,33?,34?,35?,36-,37-,38+,39?,40+,41+,42?,44-,45?,46?,47?/m0/s1. The van der Waals surface area contributed by atoms with Crippen LogP contribution >= 0.6 is 0 Å². The Labute approximate surface area is 367 Å². The van der Waals surface area contributed by atoms with Gasteiger partial charge in [0.2, 0.25) is 0 Å². The Hall–Kier alpha value is -1.86. The third-order valence-electron chi connectivity index (χ3n) is 16.6. The number of carbonyl (C=O) groups is 2. The molecule has 15 unspecified atom stereocenters. The fourth-order valence-corrected chi connectivity index (χ4v) is 12.8. The lowest BCUT2D eigenvalue weighted by molar-refractivity contribution is -0.352. The van der Waals surface area contributed by atoms with Crippen LogP contribution in [-0.4, -0.2) is 146 Å². The summed E-state index contributed by atoms with van der Waals surface area (Å²) >= 11 is 0. The molecule has 3 saturated carbocycles. The number of fused-ring (bicyclic) bond motifs is 5. The van der Waals surface area contributed by atoms with Crippen LogP contribution in [0.2, 0.25) is 0 Å². The lowest BCUT2D eigenvalue weighted by atomic mass is 9.45. The number of hydrogen-bond donors (Lipinski definition) is 3. The zero-order valence-electron chi connectivity index (χ0n) is 38.7. The number of ketones is 1. The Kier molecular flexibility index (Phi) is 14.6. The molecular weight excluding hydrogens is 805 g/mol. The molecule has 6 fully saturated rings. The first-order valence-electron chi connectivity index (χ1n) is 23.0. The van der Waals surface area contributed by atoms with Crippen LogP contribution in [0.15, 0.2) is 23.3 Å². The number of hydrogen-bond acceptors (Lipinski definition) is 15. The van der Waals surface area contributed by atoms with E-state index in [2.05, 4.69) is 13.0 Å². The van der Waals surface area contributed by atoms with Crippen LogP contribution < -0.4 is 0 Å². The van der Waals surface area contributed by atoms with Crippen molar-refractivity contribution in [2.24, 2.45) is 28.6 Å². The van der Waals surface area contributed by atoms with Crippen molar-refractivity contribution in [1.82, 2.24) is 0 Å². The highest BCUT2D eigenvalue weighted by atomic mass is 16.8. The van der Waals surface area contributed by atoms with Gasteiger partial charge in [0.25, 0.3) is 0 Å². The van der Waals surface area contributed by atoms with Crippen molar-refractivity contribution >= 4 is 11.8 Å². The van der Waals surface area contributed by atoms with Crippen LogP contribution in [0.25, 0.3) is 0 Å². The lowest BCUT2D eigenvalue weighted by Crippen LogP contribution is -2.66. The molecule has 3 saturated heterocycles. The molecule has 0 amide bonds. The average Bonchev–Trinajstić information content (AvgIpc) is 3.53. The minimum atomic E-state index is -1.22. The summed E-state index contributed by atoms with van der Waals surface area (Å²) in [7, 11) is 4.68. The summed E-state index contributed by atoms with van der Waals surface area (Å²) in [6.45, 7) is 15.0. The van der Waals surface area contributed by atoms with Gasteiger partial charge < -0.3 is 62.7 Å². The SMILES string of the molecule is C/C=C(\C)C(=O)OC1CC2C(CC=C3CC(O[C@H]4CC(OC)[C@H](O[C@H]5CC(OC)[C@H](O[C@@H]6OC(C)[C@@H](O)C(OC)C6O)C(C)O5)C(C)O4)CCC32C)C2(O)CCC(C(C)=O)C12C. The molecule has 0 aromatic rings. The molecule has 0 aromatic heterocycles. The van der Waals surface area contributed by atoms with Gasteiger partial charge in [-0.1, -0.05) is 31.6 Å². The molecule has 7 aliphatic rings. The number of methoxy groups -OCH3 is 3. The van der Waals surface area contributed by atoms with Gasteiger partial charge in [0.1, 0.15) is 42.4 Å². The molecule has 0 bridgehead atoms. The molecule has 7 rings (SSSR count). The van der Waals surface area contributed by atoms with Gasteiger partial charge in [-0.25, -0.2) is 4.79 Å². The molecule has 3 aliphatic heterocycles. The molecule has 3 heterocycles. The van der Waals surface area contributed by atoms with Gasteiger partial charge in [-0.3, -0.25) is 4.79 Å². The zero-order valence-corrected chi connectivity index (χ0v) is 38.7. The van der Waals surface area contributed by atoms with E-state index < -0.39 is 96.9 Å². The number of Topliss-reactive ketones (excluding diaryl/α,β-unsaturated/α-hetero) is 1. The Balaban J connectivity index is 0.980. The van der Waals surface area contributed by atoms with E-state index in [4.69, 9.17) is 47.4 Å². The maximum atomic E-state index is 13.3. The number of aliphatic hydroxyl groups excluding tert-OH is 2. The quantitative estimate of drug-likeness (QED) is 0.139. The fourth-order valence-electron chi connectivity index (χ4n) is 12.8. The van der Waals surface area contributed by atoms with Gasteiger partial charge in [-0.05, 0) is 104 Å². The highest BCUT2D eigenvalue weighted by molar-refractivity contribution is 5.88. The largest absolute Gasteiger partial charge is 0.458 e. The van der Waals surface area contributed by atoms with Crippen molar-refractivity contribution in [3.63, 3.8) is 0 Å². The second-order valence-corrected chi connectivity index (χ2v) is 19.8. The van der Waals surface area contributed by atoms with E-state index in [1.165, 1.54) is 12.7 Å². The number of ether oxygens (including phenoxy) is 10. The van der Waals surface area contributed by atoms with Crippen LogP contribution in [0.5, 0.6) is 0 Å². The van der Waals surface area contributed by atoms with E-state index in [-0.39, 0.29) is 41.2 Å². The summed E-state index contributed by atoms with van der Waals surface area (Å²) in [6.07, 6.45) is 0.173. The first-order valence-corrected chi connectivity index (χ1v) is 23.0. The van der Waals surface area contributed by atoms with Crippen LogP contribution in [0.3, 0.4) is 0 Å². The molecule has 352 valence electrons. The molecule has 4 aliphatic carbocycles. The molecule has 0 aromatic carbocycles. The van der Waals surface area contributed by atoms with Crippen molar-refractivity contribution in [3.05, 3.63) is 23.3 Å². The van der Waals surface area contributed by atoms with Crippen molar-refractivity contribution in [2.75, 3.05) is 21.3 Å². The minimum absolute atomic E-state index is 0.0391. The highest BCUT2D eigenvalue weighted by Crippen LogP contribution is 2.68. The summed E-state index contributed by atoms with van der Waals surface area (Å²) in [4.78, 5) is 26.4. The predicted molar refractivity (Wildman–Crippen MR) is 223 cm³/mol.